The van der Waals surface area contributed by atoms with Crippen LogP contribution in [0.25, 0.3) is 0 Å². The van der Waals surface area contributed by atoms with Gasteiger partial charge in [0.25, 0.3) is 5.91 Å². The zero-order chi connectivity index (χ0) is 30.6. The highest BCUT2D eigenvalue weighted by Gasteiger charge is 2.49. The molecule has 1 fully saturated rings. The maximum Gasteiger partial charge on any atom is 0.405 e. The number of amides is 2. The summed E-state index contributed by atoms with van der Waals surface area (Å²) in [7, 11) is 4.22. The Hall–Kier alpha value is -3.32. The third-order valence-electron chi connectivity index (χ3n) is 7.60. The van der Waals surface area contributed by atoms with Crippen molar-refractivity contribution in [1.82, 2.24) is 5.32 Å². The minimum atomic E-state index is -1.01. The Kier molecular flexibility index (Phi) is 10.6. The fourth-order valence-electron chi connectivity index (χ4n) is 5.38. The number of hydrogen-bond donors (Lipinski definition) is 3. The Labute approximate surface area is 239 Å². The molecule has 0 radical (unpaired) electrons. The van der Waals surface area contributed by atoms with E-state index in [1.165, 1.54) is 21.3 Å². The number of allylic oxidation sites excluding steroid dienone is 2. The second-order valence-electron chi connectivity index (χ2n) is 10.8. The molecule has 0 aromatic heterocycles. The third-order valence-corrected chi connectivity index (χ3v) is 7.60. The van der Waals surface area contributed by atoms with E-state index in [0.717, 1.165) is 6.08 Å². The molecule has 12 nitrogen and oxygen atoms in total. The molecule has 0 aromatic rings. The van der Waals surface area contributed by atoms with Gasteiger partial charge in [0.05, 0.1) is 25.0 Å². The van der Waals surface area contributed by atoms with Crippen molar-refractivity contribution in [3.05, 3.63) is 46.4 Å². The summed E-state index contributed by atoms with van der Waals surface area (Å²) >= 11 is 0. The third kappa shape index (κ3) is 7.50. The minimum Gasteiger partial charge on any atom is -0.492 e. The van der Waals surface area contributed by atoms with E-state index in [1.54, 1.807) is 32.9 Å². The number of hydrogen-bond acceptors (Lipinski definition) is 10. The molecule has 1 saturated heterocycles. The number of nitrogens with two attached hydrogens (primary N) is 1. The van der Waals surface area contributed by atoms with E-state index in [-0.39, 0.29) is 34.9 Å². The Morgan fingerprint density at radius 1 is 1.10 bits per heavy atom. The summed E-state index contributed by atoms with van der Waals surface area (Å²) < 4.78 is 27.7. The Balaban J connectivity index is 2.05. The van der Waals surface area contributed by atoms with Crippen LogP contribution < -0.4 is 11.1 Å². The van der Waals surface area contributed by atoms with E-state index in [9.17, 15) is 24.3 Å². The fourth-order valence-corrected chi connectivity index (χ4v) is 5.38. The van der Waals surface area contributed by atoms with Gasteiger partial charge in [-0.05, 0) is 44.3 Å². The molecule has 226 valence electrons. The molecule has 12 heteroatoms. The van der Waals surface area contributed by atoms with Crippen LogP contribution in [0.5, 0.6) is 0 Å². The van der Waals surface area contributed by atoms with Crippen LogP contribution in [0.1, 0.15) is 40.5 Å². The quantitative estimate of drug-likeness (QED) is 0.253. The van der Waals surface area contributed by atoms with Gasteiger partial charge < -0.3 is 39.8 Å². The van der Waals surface area contributed by atoms with Crippen molar-refractivity contribution in [2.24, 2.45) is 17.6 Å². The summed E-state index contributed by atoms with van der Waals surface area (Å²) in [4.78, 5) is 51.0. The maximum atomic E-state index is 13.4. The van der Waals surface area contributed by atoms with Crippen molar-refractivity contribution in [3.63, 3.8) is 0 Å². The van der Waals surface area contributed by atoms with E-state index >= 15 is 0 Å². The van der Waals surface area contributed by atoms with E-state index in [2.05, 4.69) is 5.32 Å². The van der Waals surface area contributed by atoms with Crippen LogP contribution in [0.3, 0.4) is 0 Å². The van der Waals surface area contributed by atoms with Gasteiger partial charge in [-0.1, -0.05) is 19.9 Å². The molecule has 4 N–H and O–H groups in total. The zero-order valence-corrected chi connectivity index (χ0v) is 24.5. The van der Waals surface area contributed by atoms with Crippen LogP contribution in [-0.4, -0.2) is 86.6 Å². The lowest BCUT2D eigenvalue weighted by molar-refractivity contribution is -0.120. The number of carbonyl (C=O) groups is 4. The molecule has 41 heavy (non-hydrogen) atoms. The number of fused-ring (bicyclic) bond motifs is 3. The molecule has 2 unspecified atom stereocenters. The number of primary amides is 1. The number of rotatable bonds is 4. The molecule has 2 amide bonds. The largest absolute Gasteiger partial charge is 0.492 e. The van der Waals surface area contributed by atoms with E-state index in [0.29, 0.717) is 12.0 Å². The van der Waals surface area contributed by atoms with Crippen LogP contribution in [-0.2, 0) is 38.1 Å². The van der Waals surface area contributed by atoms with Gasteiger partial charge in [0.1, 0.15) is 18.3 Å². The van der Waals surface area contributed by atoms with Gasteiger partial charge in [0.2, 0.25) is 11.6 Å². The highest BCUT2D eigenvalue weighted by atomic mass is 16.6. The molecule has 3 rings (SSSR count). The second kappa shape index (κ2) is 13.6. The molecule has 2 aliphatic heterocycles. The van der Waals surface area contributed by atoms with Crippen LogP contribution in [0.15, 0.2) is 46.4 Å². The van der Waals surface area contributed by atoms with Gasteiger partial charge in [-0.2, -0.15) is 0 Å². The van der Waals surface area contributed by atoms with Crippen molar-refractivity contribution in [3.8, 4) is 0 Å². The number of ether oxygens (including phenoxy) is 5. The van der Waals surface area contributed by atoms with Crippen LogP contribution in [0.4, 0.5) is 4.79 Å². The van der Waals surface area contributed by atoms with Crippen molar-refractivity contribution in [2.75, 3.05) is 21.3 Å². The van der Waals surface area contributed by atoms with Crippen molar-refractivity contribution in [1.29, 1.82) is 0 Å². The van der Waals surface area contributed by atoms with E-state index < -0.39 is 66.1 Å². The van der Waals surface area contributed by atoms with Gasteiger partial charge in [0.15, 0.2) is 11.9 Å². The number of carbonyl (C=O) groups excluding carboxylic acids is 4. The fraction of sp³-hybridized carbons (Fsp3) is 0.586. The van der Waals surface area contributed by atoms with Crippen LogP contribution in [0, 0.1) is 11.8 Å². The van der Waals surface area contributed by atoms with Crippen LogP contribution in [0.2, 0.25) is 0 Å². The second-order valence-corrected chi connectivity index (χ2v) is 10.8. The smallest absolute Gasteiger partial charge is 0.405 e. The molecule has 0 saturated carbocycles. The summed E-state index contributed by atoms with van der Waals surface area (Å²) in [6.07, 6.45) is -0.625. The van der Waals surface area contributed by atoms with Gasteiger partial charge in [0, 0.05) is 37.4 Å². The van der Waals surface area contributed by atoms with Crippen LogP contribution >= 0.6 is 0 Å². The molecule has 2 bridgehead atoms. The van der Waals surface area contributed by atoms with Crippen molar-refractivity contribution >= 4 is 23.6 Å². The molecular formula is C29H40N2O10. The number of Topliss-reactive ketones (excluding diaryl/α,β-unsaturated/α-hetero) is 1. The summed E-state index contributed by atoms with van der Waals surface area (Å²) in [5.41, 5.74) is 6.15. The lowest BCUT2D eigenvalue weighted by Crippen LogP contribution is -2.40. The summed E-state index contributed by atoms with van der Waals surface area (Å²) in [5.74, 6) is -2.42. The first-order valence-corrected chi connectivity index (χ1v) is 13.4. The molecule has 3 aliphatic rings. The molecule has 0 spiro atoms. The van der Waals surface area contributed by atoms with Crippen molar-refractivity contribution in [2.45, 2.75) is 77.2 Å². The minimum absolute atomic E-state index is 0.0835. The highest BCUT2D eigenvalue weighted by molar-refractivity contribution is 6.23. The number of aliphatic hydroxyl groups excluding tert-OH is 1. The Morgan fingerprint density at radius 2 is 1.78 bits per heavy atom. The van der Waals surface area contributed by atoms with Gasteiger partial charge in [-0.25, -0.2) is 4.79 Å². The molecule has 1 aliphatic carbocycles. The summed E-state index contributed by atoms with van der Waals surface area (Å²) in [5, 5.41) is 13.7. The van der Waals surface area contributed by atoms with E-state index in [4.69, 9.17) is 29.4 Å². The molecular weight excluding hydrogens is 536 g/mol. The first-order chi connectivity index (χ1) is 19.3. The predicted octanol–water partition coefficient (Wildman–Crippen LogP) is 1.62. The molecule has 2 heterocycles. The monoisotopic (exact) mass is 576 g/mol. The normalized spacial score (nSPS) is 36.2. The first kappa shape index (κ1) is 32.2. The standard InChI is InChI=1S/C29H40N2O10/c1-13-8-17-23(34)18(12-19(32)25(17)38-6)31-28(35)16(4)11-21-26(40-21)27(39-7)24(41-29(30)36)15(3)10-14(2)22(33)20(9-13)37-5/h10-14,20-22,24,26-27,33H,8-9H2,1-7H3,(H2,30,36)(H,31,35)/b15-10+,16-11+/t13-,14+,20+,21?,22-,24+,26?,27-/m1/s1. The van der Waals surface area contributed by atoms with Gasteiger partial charge in [-0.3, -0.25) is 14.4 Å². The number of aliphatic hydroxyl groups is 1. The summed E-state index contributed by atoms with van der Waals surface area (Å²) in [6.45, 7) is 6.93. The van der Waals surface area contributed by atoms with Crippen molar-refractivity contribution < 1.29 is 48.0 Å². The number of nitrogens with one attached hydrogen (secondary N) is 1. The number of methoxy groups -OCH3 is 3. The average Bonchev–Trinajstić information content (AvgIpc) is 3.66. The highest BCUT2D eigenvalue weighted by Crippen LogP contribution is 2.35. The predicted molar refractivity (Wildman–Crippen MR) is 146 cm³/mol. The lowest BCUT2D eigenvalue weighted by atomic mass is 9.85. The topological polar surface area (TPSA) is 176 Å². The Morgan fingerprint density at radius 3 is 2.37 bits per heavy atom. The van der Waals surface area contributed by atoms with E-state index in [1.807, 2.05) is 6.92 Å². The molecule has 8 atom stereocenters. The number of ketones is 2. The zero-order valence-electron chi connectivity index (χ0n) is 24.5. The van der Waals surface area contributed by atoms with Gasteiger partial charge in [-0.15, -0.1) is 0 Å². The van der Waals surface area contributed by atoms with Gasteiger partial charge >= 0.3 is 6.09 Å². The molecule has 0 aromatic carbocycles. The SMILES string of the molecule is COC1=C2C[C@@H](C)C[C@H](OC)[C@H](O)[C@@H](C)/C=C(\C)[C@H](OC(N)=O)[C@@H](OC)C3OC3/C=C(\C)C(=O)NC(=CC1=O)C2=O. The summed E-state index contributed by atoms with van der Waals surface area (Å²) in [6, 6.07) is 0. The maximum absolute atomic E-state index is 13.4. The lowest BCUT2D eigenvalue weighted by Gasteiger charge is -2.30. The number of epoxide rings is 1. The average molecular weight is 577 g/mol. The Bertz CT molecular complexity index is 1190. The first-order valence-electron chi connectivity index (χ1n) is 13.4.